The van der Waals surface area contributed by atoms with Crippen molar-refractivity contribution in [1.82, 2.24) is 10.6 Å². The monoisotopic (exact) mass is 448 g/mol. The summed E-state index contributed by atoms with van der Waals surface area (Å²) < 4.78 is 5.35. The van der Waals surface area contributed by atoms with Gasteiger partial charge in [-0.1, -0.05) is 30.3 Å². The minimum absolute atomic E-state index is 0.00826. The lowest BCUT2D eigenvalue weighted by Crippen LogP contribution is -2.35. The molecule has 8 heteroatoms. The van der Waals surface area contributed by atoms with E-state index in [1.807, 2.05) is 18.2 Å². The number of hydrogen-bond donors (Lipinski definition) is 3. The lowest BCUT2D eigenvalue weighted by molar-refractivity contribution is -0.157. The van der Waals surface area contributed by atoms with Gasteiger partial charge in [0.2, 0.25) is 5.91 Å². The van der Waals surface area contributed by atoms with Crippen LogP contribution in [0.1, 0.15) is 63.2 Å². The summed E-state index contributed by atoms with van der Waals surface area (Å²) in [6.07, 6.45) is 1.63. The molecule has 1 amide bonds. The Morgan fingerprint density at radius 1 is 1.03 bits per heavy atom. The lowest BCUT2D eigenvalue weighted by Gasteiger charge is -2.22. The van der Waals surface area contributed by atoms with Crippen LogP contribution in [0.4, 0.5) is 0 Å². The Hall–Kier alpha value is -2.58. The first-order valence-electron chi connectivity index (χ1n) is 11.0. The molecule has 0 saturated carbocycles. The van der Waals surface area contributed by atoms with E-state index < -0.39 is 24.1 Å². The standard InChI is InChI=1S/C24H36N2O6/c1-24(2,3)32-22(30)15-19(23(31)26-14-8-12-20(28)17-27)11-7-13-25-16-21(29)18-9-5-4-6-10-18/h4-6,9-10,19,25,27H,7-8,11-17H2,1-3H3,(H,26,31). The number of ether oxygens (including phenoxy) is 1. The van der Waals surface area contributed by atoms with Crippen molar-refractivity contribution in [1.29, 1.82) is 0 Å². The van der Waals surface area contributed by atoms with Gasteiger partial charge in [-0.3, -0.25) is 19.2 Å². The number of carbonyl (C=O) groups excluding carboxylic acids is 4. The van der Waals surface area contributed by atoms with E-state index >= 15 is 0 Å². The van der Waals surface area contributed by atoms with Gasteiger partial charge in [0.15, 0.2) is 11.6 Å². The molecule has 0 bridgehead atoms. The summed E-state index contributed by atoms with van der Waals surface area (Å²) >= 11 is 0. The highest BCUT2D eigenvalue weighted by molar-refractivity contribution is 5.97. The van der Waals surface area contributed by atoms with Gasteiger partial charge in [0.1, 0.15) is 12.2 Å². The first-order chi connectivity index (χ1) is 15.1. The molecule has 1 atom stereocenters. The molecule has 0 radical (unpaired) electrons. The minimum atomic E-state index is -0.637. The average Bonchev–Trinajstić information content (AvgIpc) is 2.74. The number of amides is 1. The second kappa shape index (κ2) is 14.5. The highest BCUT2D eigenvalue weighted by Gasteiger charge is 2.25. The van der Waals surface area contributed by atoms with E-state index in [-0.39, 0.29) is 36.9 Å². The summed E-state index contributed by atoms with van der Waals surface area (Å²) in [6, 6.07) is 9.00. The van der Waals surface area contributed by atoms with E-state index in [1.165, 1.54) is 0 Å². The molecule has 0 heterocycles. The second-order valence-electron chi connectivity index (χ2n) is 8.69. The Bertz CT molecular complexity index is 743. The first-order valence-corrected chi connectivity index (χ1v) is 11.0. The Kier molecular flexibility index (Phi) is 12.4. The fourth-order valence-corrected chi connectivity index (χ4v) is 3.03. The topological polar surface area (TPSA) is 122 Å². The van der Waals surface area contributed by atoms with Crippen LogP contribution in [0.3, 0.4) is 0 Å². The predicted octanol–water partition coefficient (Wildman–Crippen LogP) is 2.04. The maximum atomic E-state index is 12.6. The molecule has 1 rings (SSSR count). The van der Waals surface area contributed by atoms with Crippen molar-refractivity contribution >= 4 is 23.4 Å². The largest absolute Gasteiger partial charge is 0.460 e. The van der Waals surface area contributed by atoms with Gasteiger partial charge in [-0.15, -0.1) is 0 Å². The molecule has 0 aliphatic rings. The highest BCUT2D eigenvalue weighted by atomic mass is 16.6. The summed E-state index contributed by atoms with van der Waals surface area (Å²) in [4.78, 5) is 48.1. The van der Waals surface area contributed by atoms with Gasteiger partial charge in [0, 0.05) is 24.4 Å². The van der Waals surface area contributed by atoms with Crippen molar-refractivity contribution < 1.29 is 29.0 Å². The summed E-state index contributed by atoms with van der Waals surface area (Å²) in [6.45, 7) is 5.82. The number of rotatable bonds is 15. The van der Waals surface area contributed by atoms with Crippen molar-refractivity contribution in [3.63, 3.8) is 0 Å². The van der Waals surface area contributed by atoms with Crippen LogP contribution in [0, 0.1) is 5.92 Å². The van der Waals surface area contributed by atoms with Crippen LogP contribution in [0.15, 0.2) is 30.3 Å². The van der Waals surface area contributed by atoms with Gasteiger partial charge < -0.3 is 20.5 Å². The van der Waals surface area contributed by atoms with Crippen molar-refractivity contribution in [2.75, 3.05) is 26.2 Å². The van der Waals surface area contributed by atoms with E-state index in [0.29, 0.717) is 37.9 Å². The quantitative estimate of drug-likeness (QED) is 0.213. The number of carbonyl (C=O) groups is 4. The van der Waals surface area contributed by atoms with Gasteiger partial charge in [-0.2, -0.15) is 0 Å². The van der Waals surface area contributed by atoms with Crippen molar-refractivity contribution in [3.05, 3.63) is 35.9 Å². The third kappa shape index (κ3) is 12.3. The predicted molar refractivity (Wildman–Crippen MR) is 121 cm³/mol. The molecule has 32 heavy (non-hydrogen) atoms. The van der Waals surface area contributed by atoms with E-state index in [2.05, 4.69) is 10.6 Å². The molecular formula is C24H36N2O6. The normalized spacial score (nSPS) is 12.1. The number of nitrogens with one attached hydrogen (secondary N) is 2. The van der Waals surface area contributed by atoms with Gasteiger partial charge in [-0.25, -0.2) is 0 Å². The molecule has 0 aliphatic heterocycles. The van der Waals surface area contributed by atoms with Crippen LogP contribution in [0.2, 0.25) is 0 Å². The average molecular weight is 449 g/mol. The third-order valence-electron chi connectivity index (χ3n) is 4.60. The molecule has 8 nitrogen and oxygen atoms in total. The zero-order chi connectivity index (χ0) is 24.0. The fraction of sp³-hybridized carbons (Fsp3) is 0.583. The maximum Gasteiger partial charge on any atom is 0.307 e. The van der Waals surface area contributed by atoms with Crippen LogP contribution in [-0.2, 0) is 19.1 Å². The minimum Gasteiger partial charge on any atom is -0.460 e. The summed E-state index contributed by atoms with van der Waals surface area (Å²) in [5.74, 6) is -1.57. The second-order valence-corrected chi connectivity index (χ2v) is 8.69. The Morgan fingerprint density at radius 2 is 1.72 bits per heavy atom. The summed E-state index contributed by atoms with van der Waals surface area (Å²) in [5.41, 5.74) is 0.00383. The van der Waals surface area contributed by atoms with E-state index in [4.69, 9.17) is 9.84 Å². The molecule has 0 fully saturated rings. The van der Waals surface area contributed by atoms with Crippen LogP contribution in [0.5, 0.6) is 0 Å². The van der Waals surface area contributed by atoms with E-state index in [0.717, 1.165) is 0 Å². The van der Waals surface area contributed by atoms with Crippen LogP contribution in [-0.4, -0.2) is 60.4 Å². The number of aliphatic hydroxyl groups excluding tert-OH is 1. The number of hydrogen-bond acceptors (Lipinski definition) is 7. The summed E-state index contributed by atoms with van der Waals surface area (Å²) in [7, 11) is 0. The number of benzene rings is 1. The number of Topliss-reactive ketones (excluding diaryl/α,β-unsaturated/α-hetero) is 2. The van der Waals surface area contributed by atoms with Crippen LogP contribution in [0.25, 0.3) is 0 Å². The third-order valence-corrected chi connectivity index (χ3v) is 4.60. The smallest absolute Gasteiger partial charge is 0.307 e. The first kappa shape index (κ1) is 27.5. The zero-order valence-corrected chi connectivity index (χ0v) is 19.3. The molecular weight excluding hydrogens is 412 g/mol. The number of esters is 1. The SMILES string of the molecule is CC(C)(C)OC(=O)CC(CCCNCC(=O)c1ccccc1)C(=O)NCCCC(=O)CO. The van der Waals surface area contributed by atoms with Gasteiger partial charge in [0.05, 0.1) is 13.0 Å². The molecule has 1 aromatic carbocycles. The van der Waals surface area contributed by atoms with E-state index in [1.54, 1.807) is 32.9 Å². The van der Waals surface area contributed by atoms with Crippen molar-refractivity contribution in [2.24, 2.45) is 5.92 Å². The molecule has 1 unspecified atom stereocenters. The van der Waals surface area contributed by atoms with E-state index in [9.17, 15) is 19.2 Å². The molecule has 3 N–H and O–H groups in total. The maximum absolute atomic E-state index is 12.6. The van der Waals surface area contributed by atoms with Gasteiger partial charge in [0.25, 0.3) is 0 Å². The number of aliphatic hydroxyl groups is 1. The molecule has 1 aromatic rings. The molecule has 178 valence electrons. The lowest BCUT2D eigenvalue weighted by atomic mass is 9.98. The van der Waals surface area contributed by atoms with Gasteiger partial charge in [-0.05, 0) is 46.6 Å². The van der Waals surface area contributed by atoms with Crippen LogP contribution >= 0.6 is 0 Å². The Balaban J connectivity index is 2.48. The van der Waals surface area contributed by atoms with Crippen molar-refractivity contribution in [3.8, 4) is 0 Å². The Labute approximate surface area is 190 Å². The fourth-order valence-electron chi connectivity index (χ4n) is 3.03. The highest BCUT2D eigenvalue weighted by Crippen LogP contribution is 2.16. The number of ketones is 2. The molecule has 0 aliphatic carbocycles. The van der Waals surface area contributed by atoms with Crippen molar-refractivity contribution in [2.45, 2.75) is 58.5 Å². The molecule has 0 spiro atoms. The van der Waals surface area contributed by atoms with Gasteiger partial charge >= 0.3 is 5.97 Å². The zero-order valence-electron chi connectivity index (χ0n) is 19.3. The Morgan fingerprint density at radius 3 is 2.34 bits per heavy atom. The van der Waals surface area contributed by atoms with Crippen LogP contribution < -0.4 is 10.6 Å². The molecule has 0 saturated heterocycles. The summed E-state index contributed by atoms with van der Waals surface area (Å²) in [5, 5.41) is 14.6. The molecule has 0 aromatic heterocycles.